The summed E-state index contributed by atoms with van der Waals surface area (Å²) < 4.78 is 29.1. The molecule has 2 aromatic heterocycles. The monoisotopic (exact) mass is 406 g/mol. The molecule has 3 N–H and O–H groups in total. The van der Waals surface area contributed by atoms with Crippen molar-refractivity contribution in [1.29, 1.82) is 0 Å². The van der Waals surface area contributed by atoms with Gasteiger partial charge in [0, 0.05) is 11.6 Å². The van der Waals surface area contributed by atoms with Crippen molar-refractivity contribution in [3.05, 3.63) is 60.2 Å². The number of nitrogens with two attached hydrogens (primary N) is 1. The van der Waals surface area contributed by atoms with E-state index in [4.69, 9.17) is 5.73 Å². The molecule has 0 amide bonds. The predicted octanol–water partition coefficient (Wildman–Crippen LogP) is 4.70. The molecule has 0 atom stereocenters. The highest BCUT2D eigenvalue weighted by Gasteiger charge is 2.22. The summed E-state index contributed by atoms with van der Waals surface area (Å²) in [6, 6.07) is 12.4. The smallest absolute Gasteiger partial charge is 0.225 e. The van der Waals surface area contributed by atoms with E-state index >= 15 is 0 Å². The number of aromatic nitrogens is 4. The van der Waals surface area contributed by atoms with Gasteiger partial charge in [-0.1, -0.05) is 31.0 Å². The average molecular weight is 406 g/mol. The summed E-state index contributed by atoms with van der Waals surface area (Å²) in [4.78, 5) is 9.22. The van der Waals surface area contributed by atoms with Crippen molar-refractivity contribution < 1.29 is 8.78 Å². The van der Waals surface area contributed by atoms with Crippen molar-refractivity contribution in [3.8, 4) is 16.9 Å². The van der Waals surface area contributed by atoms with Crippen LogP contribution in [0.4, 0.5) is 20.5 Å². The van der Waals surface area contributed by atoms with Gasteiger partial charge in [0.05, 0.1) is 16.8 Å². The normalized spacial score (nSPS) is 14.5. The van der Waals surface area contributed by atoms with E-state index in [0.717, 1.165) is 25.7 Å². The Balaban J connectivity index is 1.71. The second-order valence-electron chi connectivity index (χ2n) is 7.51. The quantitative estimate of drug-likeness (QED) is 0.514. The first-order chi connectivity index (χ1) is 14.6. The Kier molecular flexibility index (Phi) is 4.54. The molecule has 1 aliphatic rings. The maximum absolute atomic E-state index is 13.9. The van der Waals surface area contributed by atoms with Gasteiger partial charge < -0.3 is 11.1 Å². The molecule has 2 aromatic carbocycles. The van der Waals surface area contributed by atoms with Crippen molar-refractivity contribution in [2.45, 2.75) is 31.7 Å². The van der Waals surface area contributed by atoms with Crippen molar-refractivity contribution in [1.82, 2.24) is 19.7 Å². The van der Waals surface area contributed by atoms with Gasteiger partial charge in [0.1, 0.15) is 17.5 Å². The van der Waals surface area contributed by atoms with Gasteiger partial charge in [-0.15, -0.1) is 5.10 Å². The predicted molar refractivity (Wildman–Crippen MR) is 112 cm³/mol. The van der Waals surface area contributed by atoms with E-state index in [1.807, 2.05) is 0 Å². The minimum atomic E-state index is -0.397. The first-order valence-electron chi connectivity index (χ1n) is 9.93. The molecule has 0 radical (unpaired) electrons. The number of halogens is 2. The van der Waals surface area contributed by atoms with Crippen LogP contribution in [0.3, 0.4) is 0 Å². The third-order valence-corrected chi connectivity index (χ3v) is 5.41. The van der Waals surface area contributed by atoms with Crippen LogP contribution < -0.4 is 11.1 Å². The molecule has 8 heteroatoms. The van der Waals surface area contributed by atoms with Crippen LogP contribution in [0.2, 0.25) is 0 Å². The van der Waals surface area contributed by atoms with Crippen molar-refractivity contribution >= 4 is 22.8 Å². The van der Waals surface area contributed by atoms with Crippen LogP contribution in [-0.4, -0.2) is 25.8 Å². The molecule has 0 saturated heterocycles. The second-order valence-corrected chi connectivity index (χ2v) is 7.51. The highest BCUT2D eigenvalue weighted by atomic mass is 19.1. The molecule has 4 aromatic rings. The molecule has 0 bridgehead atoms. The van der Waals surface area contributed by atoms with Crippen molar-refractivity contribution in [2.75, 3.05) is 11.1 Å². The number of nitrogens with one attached hydrogen (secondary N) is 1. The number of rotatable bonds is 4. The Bertz CT molecular complexity index is 1230. The largest absolute Gasteiger partial charge is 0.383 e. The van der Waals surface area contributed by atoms with Crippen LogP contribution in [0.15, 0.2) is 48.5 Å². The lowest BCUT2D eigenvalue weighted by molar-refractivity contribution is 0.625. The highest BCUT2D eigenvalue weighted by molar-refractivity contribution is 5.99. The lowest BCUT2D eigenvalue weighted by atomic mass is 10.1. The van der Waals surface area contributed by atoms with Crippen LogP contribution in [-0.2, 0) is 0 Å². The van der Waals surface area contributed by atoms with Crippen LogP contribution >= 0.6 is 0 Å². The zero-order valence-electron chi connectivity index (χ0n) is 16.1. The van der Waals surface area contributed by atoms with Gasteiger partial charge in [-0.05, 0) is 43.2 Å². The average Bonchev–Trinajstić information content (AvgIpc) is 3.35. The fourth-order valence-electron chi connectivity index (χ4n) is 3.98. The SMILES string of the molecule is Nc1c2c(-c3cccc(F)c3)nc(NC3CCCC3)nc2nn1-c1cccc(F)c1. The van der Waals surface area contributed by atoms with Gasteiger partial charge in [-0.2, -0.15) is 4.98 Å². The van der Waals surface area contributed by atoms with E-state index in [0.29, 0.717) is 40.0 Å². The van der Waals surface area contributed by atoms with E-state index in [-0.39, 0.29) is 11.6 Å². The van der Waals surface area contributed by atoms with Crippen molar-refractivity contribution in [3.63, 3.8) is 0 Å². The molecule has 30 heavy (non-hydrogen) atoms. The van der Waals surface area contributed by atoms with Gasteiger partial charge in [0.2, 0.25) is 5.95 Å². The number of hydrogen-bond donors (Lipinski definition) is 2. The summed E-state index contributed by atoms with van der Waals surface area (Å²) in [6.07, 6.45) is 4.43. The van der Waals surface area contributed by atoms with Crippen LogP contribution in [0.25, 0.3) is 28.0 Å². The van der Waals surface area contributed by atoms with Gasteiger partial charge in [0.15, 0.2) is 5.65 Å². The lowest BCUT2D eigenvalue weighted by Crippen LogP contribution is -2.17. The minimum Gasteiger partial charge on any atom is -0.383 e. The van der Waals surface area contributed by atoms with Crippen molar-refractivity contribution in [2.24, 2.45) is 0 Å². The molecule has 152 valence electrons. The third-order valence-electron chi connectivity index (χ3n) is 5.41. The Morgan fingerprint density at radius 2 is 1.70 bits per heavy atom. The highest BCUT2D eigenvalue weighted by Crippen LogP contribution is 2.33. The van der Waals surface area contributed by atoms with E-state index in [1.54, 1.807) is 24.3 Å². The lowest BCUT2D eigenvalue weighted by Gasteiger charge is -2.13. The topological polar surface area (TPSA) is 81.7 Å². The molecule has 0 spiro atoms. The minimum absolute atomic E-state index is 0.266. The van der Waals surface area contributed by atoms with Gasteiger partial charge in [-0.3, -0.25) is 0 Å². The van der Waals surface area contributed by atoms with E-state index < -0.39 is 5.82 Å². The van der Waals surface area contributed by atoms with Gasteiger partial charge >= 0.3 is 0 Å². The Hall–Kier alpha value is -3.55. The fraction of sp³-hybridized carbons (Fsp3) is 0.227. The van der Waals surface area contributed by atoms with E-state index in [9.17, 15) is 8.78 Å². The standard InChI is InChI=1S/C22H20F2N6/c23-14-6-3-5-13(11-14)19-18-20(25)30(17-10-4-7-15(24)12-17)29-21(18)28-22(27-19)26-16-8-1-2-9-16/h3-7,10-12,16H,1-2,8-9,25H2,(H,26,28,29). The Morgan fingerprint density at radius 3 is 2.43 bits per heavy atom. The van der Waals surface area contributed by atoms with E-state index in [2.05, 4.69) is 20.4 Å². The molecule has 1 fully saturated rings. The summed E-state index contributed by atoms with van der Waals surface area (Å²) in [5.74, 6) is -0.0769. The number of hydrogen-bond acceptors (Lipinski definition) is 5. The number of nitrogens with zero attached hydrogens (tertiary/aromatic N) is 4. The molecule has 5 rings (SSSR count). The number of anilines is 2. The maximum atomic E-state index is 13.9. The number of nitrogen functional groups attached to an aromatic ring is 1. The zero-order valence-corrected chi connectivity index (χ0v) is 16.1. The molecular formula is C22H20F2N6. The third kappa shape index (κ3) is 3.34. The molecule has 0 aliphatic heterocycles. The van der Waals surface area contributed by atoms with Gasteiger partial charge in [0.25, 0.3) is 0 Å². The molecule has 1 saturated carbocycles. The Labute approximate surface area is 171 Å². The number of fused-ring (bicyclic) bond motifs is 1. The van der Waals surface area contributed by atoms with Crippen LogP contribution in [0.1, 0.15) is 25.7 Å². The molecule has 6 nitrogen and oxygen atoms in total. The molecule has 0 unspecified atom stereocenters. The summed E-state index contributed by atoms with van der Waals surface area (Å²) in [6.45, 7) is 0. The van der Waals surface area contributed by atoms with Gasteiger partial charge in [-0.25, -0.2) is 18.4 Å². The fourth-order valence-corrected chi connectivity index (χ4v) is 3.98. The molecular weight excluding hydrogens is 386 g/mol. The molecule has 2 heterocycles. The van der Waals surface area contributed by atoms with Crippen LogP contribution in [0.5, 0.6) is 0 Å². The summed E-state index contributed by atoms with van der Waals surface area (Å²) in [7, 11) is 0. The summed E-state index contributed by atoms with van der Waals surface area (Å²) in [5.41, 5.74) is 8.29. The Morgan fingerprint density at radius 1 is 0.967 bits per heavy atom. The summed E-state index contributed by atoms with van der Waals surface area (Å²) in [5, 5.41) is 8.38. The number of benzene rings is 2. The zero-order chi connectivity index (χ0) is 20.7. The maximum Gasteiger partial charge on any atom is 0.225 e. The molecule has 1 aliphatic carbocycles. The summed E-state index contributed by atoms with van der Waals surface area (Å²) >= 11 is 0. The second kappa shape index (κ2) is 7.37. The first-order valence-corrected chi connectivity index (χ1v) is 9.93. The van der Waals surface area contributed by atoms with E-state index in [1.165, 1.54) is 28.9 Å². The first kappa shape index (κ1) is 18.5. The van der Waals surface area contributed by atoms with Crippen LogP contribution in [0, 0.1) is 11.6 Å².